The third-order valence-electron chi connectivity index (χ3n) is 4.27. The van der Waals surface area contributed by atoms with E-state index in [0.717, 1.165) is 0 Å². The maximum Gasteiger partial charge on any atom is 0.177 e. The highest BCUT2D eigenvalue weighted by atomic mass is 16.5. The lowest BCUT2D eigenvalue weighted by atomic mass is 9.86. The second-order valence-electron chi connectivity index (χ2n) is 5.68. The first kappa shape index (κ1) is 15.8. The highest BCUT2D eigenvalue weighted by Crippen LogP contribution is 2.51. The van der Waals surface area contributed by atoms with Crippen molar-refractivity contribution in [3.05, 3.63) is 70.1 Å². The number of nitrogens with zero attached hydrogens (tertiary/aromatic N) is 3. The lowest BCUT2D eigenvalue weighted by Crippen LogP contribution is -2.26. The van der Waals surface area contributed by atoms with Crippen molar-refractivity contribution < 1.29 is 14.3 Å². The lowest BCUT2D eigenvalue weighted by Gasteiger charge is -2.14. The third kappa shape index (κ3) is 2.64. The highest BCUT2D eigenvalue weighted by molar-refractivity contribution is 6.23. The number of Topliss-reactive ketones (excluding diaryl/α,β-unsaturated/α-hetero) is 2. The Morgan fingerprint density at radius 2 is 1.75 bits per heavy atom. The Balaban J connectivity index is 1.94. The van der Waals surface area contributed by atoms with E-state index in [2.05, 4.69) is 10.0 Å². The van der Waals surface area contributed by atoms with E-state index in [0.29, 0.717) is 24.2 Å². The number of ether oxygens (including phenoxy) is 1. The van der Waals surface area contributed by atoms with Gasteiger partial charge in [-0.2, -0.15) is 0 Å². The van der Waals surface area contributed by atoms with Crippen LogP contribution in [0.25, 0.3) is 10.4 Å². The quantitative estimate of drug-likeness (QED) is 0.258. The van der Waals surface area contributed by atoms with E-state index in [9.17, 15) is 9.59 Å². The van der Waals surface area contributed by atoms with Gasteiger partial charge in [0.2, 0.25) is 0 Å². The summed E-state index contributed by atoms with van der Waals surface area (Å²) in [5.41, 5.74) is 8.61. The van der Waals surface area contributed by atoms with Gasteiger partial charge in [-0.25, -0.2) is 0 Å². The van der Waals surface area contributed by atoms with Crippen LogP contribution in [0.4, 0.5) is 5.69 Å². The van der Waals surface area contributed by atoms with Gasteiger partial charge in [-0.3, -0.25) is 9.59 Å². The molecule has 0 aromatic heterocycles. The molecule has 0 radical (unpaired) electrons. The van der Waals surface area contributed by atoms with E-state index < -0.39 is 5.41 Å². The summed E-state index contributed by atoms with van der Waals surface area (Å²) in [6.45, 7) is 0. The van der Waals surface area contributed by atoms with Gasteiger partial charge < -0.3 is 4.74 Å². The summed E-state index contributed by atoms with van der Waals surface area (Å²) in [6, 6.07) is 13.3. The third-order valence-corrected chi connectivity index (χ3v) is 4.27. The van der Waals surface area contributed by atoms with Crippen LogP contribution in [-0.4, -0.2) is 18.7 Å². The van der Waals surface area contributed by atoms with E-state index in [-0.39, 0.29) is 22.8 Å². The van der Waals surface area contributed by atoms with Crippen molar-refractivity contribution in [2.75, 3.05) is 7.11 Å². The van der Waals surface area contributed by atoms with Crippen LogP contribution in [0.1, 0.15) is 33.6 Å². The maximum absolute atomic E-state index is 12.9. The normalized spacial score (nSPS) is 14.4. The van der Waals surface area contributed by atoms with Gasteiger partial charge in [0, 0.05) is 21.7 Å². The standard InChI is InChI=1S/C18H15N3O3/c1-24-13-8-6-12(7-9-13)16(22)18(10-11-18)17(23)14-4-2-3-5-15(14)20-21-19/h2-9H,10-11H2,1H3. The van der Waals surface area contributed by atoms with Crippen LogP contribution in [0, 0.1) is 5.41 Å². The summed E-state index contributed by atoms with van der Waals surface area (Å²) in [4.78, 5) is 28.5. The maximum atomic E-state index is 12.9. The summed E-state index contributed by atoms with van der Waals surface area (Å²) < 4.78 is 5.08. The molecule has 1 aliphatic carbocycles. The minimum Gasteiger partial charge on any atom is -0.497 e. The number of carbonyl (C=O) groups is 2. The fraction of sp³-hybridized carbons (Fsp3) is 0.222. The molecule has 6 nitrogen and oxygen atoms in total. The molecule has 120 valence electrons. The summed E-state index contributed by atoms with van der Waals surface area (Å²) in [6.07, 6.45) is 1.00. The number of hydrogen-bond donors (Lipinski definition) is 0. The summed E-state index contributed by atoms with van der Waals surface area (Å²) >= 11 is 0. The topological polar surface area (TPSA) is 92.1 Å². The molecule has 2 aromatic rings. The molecule has 0 heterocycles. The van der Waals surface area contributed by atoms with Crippen molar-refractivity contribution in [1.29, 1.82) is 0 Å². The molecule has 0 spiro atoms. The van der Waals surface area contributed by atoms with Crippen LogP contribution in [0.15, 0.2) is 53.6 Å². The molecule has 1 aliphatic rings. The number of ketones is 2. The number of azide groups is 1. The largest absolute Gasteiger partial charge is 0.497 e. The van der Waals surface area contributed by atoms with Crippen molar-refractivity contribution in [3.63, 3.8) is 0 Å². The second-order valence-corrected chi connectivity index (χ2v) is 5.68. The smallest absolute Gasteiger partial charge is 0.177 e. The fourth-order valence-electron chi connectivity index (χ4n) is 2.76. The fourth-order valence-corrected chi connectivity index (χ4v) is 2.76. The molecule has 1 saturated carbocycles. The molecule has 0 unspecified atom stereocenters. The Morgan fingerprint density at radius 3 is 2.33 bits per heavy atom. The first-order valence-electron chi connectivity index (χ1n) is 7.50. The van der Waals surface area contributed by atoms with Crippen molar-refractivity contribution >= 4 is 17.3 Å². The van der Waals surface area contributed by atoms with Crippen LogP contribution < -0.4 is 4.74 Å². The zero-order valence-electron chi connectivity index (χ0n) is 13.1. The minimum absolute atomic E-state index is 0.203. The van der Waals surface area contributed by atoms with Gasteiger partial charge in [0.1, 0.15) is 5.75 Å². The van der Waals surface area contributed by atoms with Crippen molar-refractivity contribution in [1.82, 2.24) is 0 Å². The predicted molar refractivity (Wildman–Crippen MR) is 88.6 cm³/mol. The van der Waals surface area contributed by atoms with Crippen molar-refractivity contribution in [2.45, 2.75) is 12.8 Å². The molecule has 0 N–H and O–H groups in total. The van der Waals surface area contributed by atoms with Crippen LogP contribution in [0.5, 0.6) is 5.75 Å². The minimum atomic E-state index is -1.05. The van der Waals surface area contributed by atoms with Gasteiger partial charge in [0.15, 0.2) is 11.6 Å². The number of methoxy groups -OCH3 is 1. The van der Waals surface area contributed by atoms with Gasteiger partial charge in [0.25, 0.3) is 0 Å². The van der Waals surface area contributed by atoms with E-state index in [1.54, 1.807) is 55.6 Å². The van der Waals surface area contributed by atoms with Gasteiger partial charge >= 0.3 is 0 Å². The summed E-state index contributed by atoms with van der Waals surface area (Å²) in [7, 11) is 1.55. The molecule has 6 heteroatoms. The molecule has 2 aromatic carbocycles. The van der Waals surface area contributed by atoms with Gasteiger partial charge in [-0.1, -0.05) is 29.4 Å². The Bertz CT molecular complexity index is 848. The summed E-state index contributed by atoms with van der Waals surface area (Å²) in [5, 5.41) is 3.56. The SMILES string of the molecule is COc1ccc(C(=O)C2(C(=O)c3ccccc3N=[N+]=[N-])CC2)cc1. The zero-order valence-corrected chi connectivity index (χ0v) is 13.1. The molecule has 0 amide bonds. The van der Waals surface area contributed by atoms with E-state index in [1.807, 2.05) is 0 Å². The highest BCUT2D eigenvalue weighted by Gasteiger charge is 2.56. The predicted octanol–water partition coefficient (Wildman–Crippen LogP) is 4.48. The zero-order chi connectivity index (χ0) is 17.2. The average molecular weight is 321 g/mol. The number of carbonyl (C=O) groups excluding carboxylic acids is 2. The number of hydrogen-bond acceptors (Lipinski definition) is 4. The average Bonchev–Trinajstić information content (AvgIpc) is 3.43. The molecule has 0 saturated heterocycles. The van der Waals surface area contributed by atoms with E-state index in [1.165, 1.54) is 0 Å². The summed E-state index contributed by atoms with van der Waals surface area (Å²) in [5.74, 6) is 0.161. The second kappa shape index (κ2) is 6.18. The molecule has 0 atom stereocenters. The molecule has 3 rings (SSSR count). The van der Waals surface area contributed by atoms with Crippen molar-refractivity contribution in [2.24, 2.45) is 10.5 Å². The first-order valence-corrected chi connectivity index (χ1v) is 7.50. The monoisotopic (exact) mass is 321 g/mol. The Kier molecular flexibility index (Phi) is 4.06. The molecule has 1 fully saturated rings. The van der Waals surface area contributed by atoms with Crippen LogP contribution in [-0.2, 0) is 0 Å². The molecular weight excluding hydrogens is 306 g/mol. The van der Waals surface area contributed by atoms with Crippen LogP contribution in [0.2, 0.25) is 0 Å². The first-order chi connectivity index (χ1) is 11.6. The molecule has 0 aliphatic heterocycles. The van der Waals surface area contributed by atoms with Gasteiger partial charge in [-0.15, -0.1) is 0 Å². The number of benzene rings is 2. The van der Waals surface area contributed by atoms with E-state index in [4.69, 9.17) is 10.3 Å². The number of rotatable bonds is 6. The lowest BCUT2D eigenvalue weighted by molar-refractivity contribution is 0.0783. The molecular formula is C18H15N3O3. The van der Waals surface area contributed by atoms with E-state index >= 15 is 0 Å². The van der Waals surface area contributed by atoms with Gasteiger partial charge in [-0.05, 0) is 42.6 Å². The Labute approximate surface area is 138 Å². The Hall–Kier alpha value is -3.11. The van der Waals surface area contributed by atoms with Crippen LogP contribution in [0.3, 0.4) is 0 Å². The van der Waals surface area contributed by atoms with Crippen LogP contribution >= 0.6 is 0 Å². The Morgan fingerprint density at radius 1 is 1.08 bits per heavy atom. The molecule has 0 bridgehead atoms. The molecule has 24 heavy (non-hydrogen) atoms. The van der Waals surface area contributed by atoms with Gasteiger partial charge in [0.05, 0.1) is 12.5 Å². The van der Waals surface area contributed by atoms with Crippen molar-refractivity contribution in [3.8, 4) is 5.75 Å².